The molecule has 2 aliphatic heterocycles. The molecular formula is C33H30Cl2N8O5S. The molecule has 252 valence electrons. The summed E-state index contributed by atoms with van der Waals surface area (Å²) in [5.74, 6) is -1.16. The summed E-state index contributed by atoms with van der Waals surface area (Å²) in [7, 11) is 0. The Morgan fingerprint density at radius 2 is 1.96 bits per heavy atom. The summed E-state index contributed by atoms with van der Waals surface area (Å²) in [6.07, 6.45) is 1.04. The molecule has 0 saturated carbocycles. The molecule has 0 aliphatic carbocycles. The summed E-state index contributed by atoms with van der Waals surface area (Å²) in [5.41, 5.74) is 9.83. The number of aromatic nitrogens is 2. The zero-order valence-corrected chi connectivity index (χ0v) is 28.2. The third kappa shape index (κ3) is 6.35. The molecule has 2 fully saturated rings. The Balaban J connectivity index is 1.21. The molecule has 5 aromatic rings. The van der Waals surface area contributed by atoms with E-state index in [9.17, 15) is 19.2 Å². The van der Waals surface area contributed by atoms with E-state index in [1.165, 1.54) is 16.3 Å². The first-order valence-corrected chi connectivity index (χ1v) is 16.9. The van der Waals surface area contributed by atoms with Gasteiger partial charge in [-0.3, -0.25) is 19.6 Å². The van der Waals surface area contributed by atoms with Crippen molar-refractivity contribution < 1.29 is 18.8 Å². The predicted molar refractivity (Wildman–Crippen MR) is 187 cm³/mol. The number of carbonyl (C=O) groups is 3. The molecule has 2 atom stereocenters. The second kappa shape index (κ2) is 13.2. The van der Waals surface area contributed by atoms with Gasteiger partial charge >= 0.3 is 11.8 Å². The van der Waals surface area contributed by atoms with E-state index in [1.807, 2.05) is 18.2 Å². The molecule has 7 rings (SSSR count). The van der Waals surface area contributed by atoms with Crippen molar-refractivity contribution in [3.63, 3.8) is 0 Å². The van der Waals surface area contributed by atoms with E-state index in [-0.39, 0.29) is 51.0 Å². The molecule has 2 aliphatic rings. The minimum Gasteiger partial charge on any atom is -0.408 e. The molecule has 4 heterocycles. The molecule has 0 bridgehead atoms. The molecule has 3 aromatic carbocycles. The third-order valence-electron chi connectivity index (χ3n) is 8.64. The van der Waals surface area contributed by atoms with Crippen molar-refractivity contribution in [2.75, 3.05) is 25.4 Å². The van der Waals surface area contributed by atoms with Gasteiger partial charge in [0.15, 0.2) is 10.7 Å². The third-order valence-corrected chi connectivity index (χ3v) is 10.2. The van der Waals surface area contributed by atoms with Crippen molar-refractivity contribution in [3.8, 4) is 0 Å². The van der Waals surface area contributed by atoms with Crippen LogP contribution in [0.4, 0.5) is 9.93 Å². The van der Waals surface area contributed by atoms with Crippen LogP contribution in [0.5, 0.6) is 0 Å². The topological polar surface area (TPSA) is 161 Å². The second-order valence-electron chi connectivity index (χ2n) is 11.8. The van der Waals surface area contributed by atoms with Crippen molar-refractivity contribution >= 4 is 78.8 Å². The lowest BCUT2D eigenvalue weighted by molar-refractivity contribution is -0.157. The average molecular weight is 722 g/mol. The highest BCUT2D eigenvalue weighted by molar-refractivity contribution is 7.22. The highest BCUT2D eigenvalue weighted by Gasteiger charge is 2.52. The number of hydrogen-bond donors (Lipinski definition) is 3. The van der Waals surface area contributed by atoms with Gasteiger partial charge in [-0.25, -0.2) is 14.6 Å². The van der Waals surface area contributed by atoms with Crippen LogP contribution in [-0.4, -0.2) is 79.5 Å². The summed E-state index contributed by atoms with van der Waals surface area (Å²) in [5, 5.41) is 7.19. The zero-order valence-electron chi connectivity index (χ0n) is 25.9. The minimum absolute atomic E-state index is 0.101. The Labute approximate surface area is 293 Å². The van der Waals surface area contributed by atoms with Gasteiger partial charge in [0, 0.05) is 19.5 Å². The number of thiazole rings is 1. The first-order valence-electron chi connectivity index (χ1n) is 15.3. The van der Waals surface area contributed by atoms with Gasteiger partial charge in [0.05, 0.1) is 45.4 Å². The van der Waals surface area contributed by atoms with E-state index in [0.717, 1.165) is 15.8 Å². The summed E-state index contributed by atoms with van der Waals surface area (Å²) >= 11 is 13.6. The quantitative estimate of drug-likeness (QED) is 0.189. The van der Waals surface area contributed by atoms with Crippen molar-refractivity contribution in [2.45, 2.75) is 31.7 Å². The molecule has 13 nitrogen and oxygen atoms in total. The number of carbonyl (C=O) groups excluding carboxylic acids is 3. The molecule has 2 saturated heterocycles. The fourth-order valence-corrected chi connectivity index (χ4v) is 7.53. The van der Waals surface area contributed by atoms with Crippen LogP contribution < -0.4 is 16.8 Å². The predicted octanol–water partition coefficient (Wildman–Crippen LogP) is 4.36. The number of nitrogens with zero attached hydrogens (tertiary/aromatic N) is 5. The monoisotopic (exact) mass is 720 g/mol. The van der Waals surface area contributed by atoms with Gasteiger partial charge in [0.2, 0.25) is 11.8 Å². The smallest absolute Gasteiger partial charge is 0.408 e. The molecule has 16 heteroatoms. The lowest BCUT2D eigenvalue weighted by Crippen LogP contribution is -2.66. The molecule has 4 amide bonds. The van der Waals surface area contributed by atoms with Crippen LogP contribution in [0.3, 0.4) is 0 Å². The van der Waals surface area contributed by atoms with Crippen LogP contribution in [0.15, 0.2) is 76.5 Å². The standard InChI is InChI=1S/C33H30Cl2N8O5S/c1-2-10-41(32(46)37-14-19-6-8-21(34)22(35)11-19)42-17-28(44)43-24(12-18-7-9-23-25(13-18)48-33(47)38-23)30(45)40(16-27(42)43)15-20-4-3-5-26-29(20)39-31(36)49-26/h2-9,11,13,24,27H,1,10,12,14-17H2,(H2,36,39)(H,37,46)(H,38,47)/t24-,27+/m0/s1. The number of anilines is 1. The number of aromatic amines is 1. The number of fused-ring (bicyclic) bond motifs is 3. The Morgan fingerprint density at radius 1 is 1.14 bits per heavy atom. The van der Waals surface area contributed by atoms with E-state index >= 15 is 0 Å². The van der Waals surface area contributed by atoms with Crippen LogP contribution >= 0.6 is 34.5 Å². The molecular weight excluding hydrogens is 691 g/mol. The lowest BCUT2D eigenvalue weighted by Gasteiger charge is -2.46. The number of nitrogens with two attached hydrogens (primary N) is 1. The fourth-order valence-electron chi connectivity index (χ4n) is 6.43. The van der Waals surface area contributed by atoms with Crippen molar-refractivity contribution in [1.82, 2.24) is 35.1 Å². The Kier molecular flexibility index (Phi) is 8.79. The normalized spacial score (nSPS) is 18.0. The SMILES string of the molecule is C=CCN(C(=O)NCc1ccc(Cl)c(Cl)c1)N1CC(=O)N2[C@@H](Cc3ccc4[nH]c(=O)oc4c3)C(=O)N(Cc3cccc4sc(N)nc34)C[C@@H]21. The van der Waals surface area contributed by atoms with E-state index in [0.29, 0.717) is 37.4 Å². The zero-order chi connectivity index (χ0) is 34.4. The van der Waals surface area contributed by atoms with Gasteiger partial charge < -0.3 is 25.3 Å². The van der Waals surface area contributed by atoms with E-state index in [4.69, 9.17) is 33.4 Å². The highest BCUT2D eigenvalue weighted by atomic mass is 35.5. The van der Waals surface area contributed by atoms with Crippen LogP contribution in [0.2, 0.25) is 10.0 Å². The van der Waals surface area contributed by atoms with Crippen molar-refractivity contribution in [3.05, 3.63) is 105 Å². The Morgan fingerprint density at radius 3 is 2.76 bits per heavy atom. The number of oxazole rings is 1. The Hall–Kier alpha value is -4.89. The fraction of sp³-hybridized carbons (Fsp3) is 0.242. The summed E-state index contributed by atoms with van der Waals surface area (Å²) in [4.78, 5) is 64.0. The summed E-state index contributed by atoms with van der Waals surface area (Å²) < 4.78 is 6.15. The number of halogens is 2. The van der Waals surface area contributed by atoms with Gasteiger partial charge in [-0.2, -0.15) is 5.01 Å². The maximum Gasteiger partial charge on any atom is 0.417 e. The number of rotatable bonds is 9. The second-order valence-corrected chi connectivity index (χ2v) is 13.6. The number of hydrogen-bond acceptors (Lipinski definition) is 9. The number of urea groups is 1. The summed E-state index contributed by atoms with van der Waals surface area (Å²) in [6, 6.07) is 14.6. The first-order chi connectivity index (χ1) is 23.6. The maximum absolute atomic E-state index is 14.3. The van der Waals surface area contributed by atoms with Gasteiger partial charge in [-0.15, -0.1) is 6.58 Å². The maximum atomic E-state index is 14.3. The number of nitrogens with one attached hydrogen (secondary N) is 2. The van der Waals surface area contributed by atoms with Gasteiger partial charge in [-0.1, -0.05) is 64.9 Å². The number of benzene rings is 3. The van der Waals surface area contributed by atoms with Gasteiger partial charge in [0.1, 0.15) is 12.2 Å². The largest absolute Gasteiger partial charge is 0.417 e. The van der Waals surface area contributed by atoms with Gasteiger partial charge in [0.25, 0.3) is 0 Å². The van der Waals surface area contributed by atoms with Crippen molar-refractivity contribution in [1.29, 1.82) is 0 Å². The molecule has 0 unspecified atom stereocenters. The van der Waals surface area contributed by atoms with Gasteiger partial charge in [-0.05, 0) is 47.0 Å². The van der Waals surface area contributed by atoms with Crippen LogP contribution in [0.25, 0.3) is 21.3 Å². The number of hydrazine groups is 1. The number of amides is 4. The average Bonchev–Trinajstić information content (AvgIpc) is 3.75. The lowest BCUT2D eigenvalue weighted by atomic mass is 9.99. The summed E-state index contributed by atoms with van der Waals surface area (Å²) in [6.45, 7) is 4.28. The molecule has 4 N–H and O–H groups in total. The van der Waals surface area contributed by atoms with E-state index in [2.05, 4.69) is 21.9 Å². The molecule has 49 heavy (non-hydrogen) atoms. The van der Waals surface area contributed by atoms with Crippen LogP contribution in [0.1, 0.15) is 16.7 Å². The van der Waals surface area contributed by atoms with Crippen LogP contribution in [-0.2, 0) is 29.1 Å². The van der Waals surface area contributed by atoms with E-state index in [1.54, 1.807) is 57.3 Å². The van der Waals surface area contributed by atoms with Crippen LogP contribution in [0, 0.1) is 0 Å². The molecule has 0 radical (unpaired) electrons. The number of piperazine rings is 1. The first kappa shape index (κ1) is 32.6. The number of nitrogen functional groups attached to an aromatic ring is 1. The number of H-pyrrole nitrogens is 1. The highest BCUT2D eigenvalue weighted by Crippen LogP contribution is 2.33. The van der Waals surface area contributed by atoms with E-state index < -0.39 is 24.0 Å². The Bertz CT molecular complexity index is 2180. The molecule has 2 aromatic heterocycles. The minimum atomic E-state index is -0.913. The number of para-hydroxylation sites is 1. The molecule has 0 spiro atoms. The van der Waals surface area contributed by atoms with Crippen molar-refractivity contribution in [2.24, 2.45) is 0 Å².